The van der Waals surface area contributed by atoms with E-state index in [-0.39, 0.29) is 12.0 Å². The van der Waals surface area contributed by atoms with Crippen molar-refractivity contribution >= 4 is 11.6 Å². The molecule has 6 heteroatoms. The van der Waals surface area contributed by atoms with Crippen LogP contribution in [0.1, 0.15) is 33.4 Å². The molecule has 2 aromatic heterocycles. The molecule has 1 fully saturated rings. The lowest BCUT2D eigenvalue weighted by Gasteiger charge is -2.33. The SMILES string of the molecule is Cc1cc(C)n2ncc(C(=O)N3CCO[C@@H](c4ccccc4)C3)c2n1. The normalized spacial score (nSPS) is 17.8. The van der Waals surface area contributed by atoms with Crippen molar-refractivity contribution in [1.29, 1.82) is 0 Å². The van der Waals surface area contributed by atoms with Crippen LogP contribution in [0, 0.1) is 13.8 Å². The van der Waals surface area contributed by atoms with Crippen molar-refractivity contribution in [3.05, 3.63) is 65.1 Å². The van der Waals surface area contributed by atoms with Gasteiger partial charge in [-0.25, -0.2) is 9.50 Å². The smallest absolute Gasteiger partial charge is 0.259 e. The average Bonchev–Trinajstić information content (AvgIpc) is 3.06. The van der Waals surface area contributed by atoms with Crippen LogP contribution in [0.15, 0.2) is 42.6 Å². The molecule has 0 unspecified atom stereocenters. The Labute approximate surface area is 146 Å². The highest BCUT2D eigenvalue weighted by Crippen LogP contribution is 2.24. The largest absolute Gasteiger partial charge is 0.370 e. The molecule has 3 heterocycles. The molecule has 1 saturated heterocycles. The van der Waals surface area contributed by atoms with Crippen molar-refractivity contribution in [1.82, 2.24) is 19.5 Å². The number of ether oxygens (including phenoxy) is 1. The van der Waals surface area contributed by atoms with E-state index in [2.05, 4.69) is 10.1 Å². The molecular weight excluding hydrogens is 316 g/mol. The van der Waals surface area contributed by atoms with Gasteiger partial charge in [0.05, 0.1) is 19.3 Å². The lowest BCUT2D eigenvalue weighted by molar-refractivity contribution is -0.0227. The standard InChI is InChI=1S/C19H20N4O2/c1-13-10-14(2)23-18(21-13)16(11-20-23)19(24)22-8-9-25-17(12-22)15-6-4-3-5-7-15/h3-7,10-11,17H,8-9,12H2,1-2H3/t17-/m1/s1. The molecule has 0 radical (unpaired) electrons. The third kappa shape index (κ3) is 2.89. The Morgan fingerprint density at radius 1 is 1.24 bits per heavy atom. The van der Waals surface area contributed by atoms with Gasteiger partial charge in [-0.1, -0.05) is 30.3 Å². The highest BCUT2D eigenvalue weighted by molar-refractivity contribution is 5.99. The number of aromatic nitrogens is 3. The minimum Gasteiger partial charge on any atom is -0.370 e. The summed E-state index contributed by atoms with van der Waals surface area (Å²) in [6, 6.07) is 12.0. The lowest BCUT2D eigenvalue weighted by atomic mass is 10.1. The Bertz CT molecular complexity index is 920. The first kappa shape index (κ1) is 15.8. The molecule has 1 atom stereocenters. The Morgan fingerprint density at radius 2 is 2.04 bits per heavy atom. The van der Waals surface area contributed by atoms with Crippen LogP contribution in [0.25, 0.3) is 5.65 Å². The molecule has 1 aromatic carbocycles. The fourth-order valence-corrected chi connectivity index (χ4v) is 3.29. The van der Waals surface area contributed by atoms with Gasteiger partial charge < -0.3 is 9.64 Å². The van der Waals surface area contributed by atoms with E-state index >= 15 is 0 Å². The van der Waals surface area contributed by atoms with E-state index in [0.29, 0.717) is 30.9 Å². The minimum atomic E-state index is -0.0998. The summed E-state index contributed by atoms with van der Waals surface area (Å²) in [5, 5.41) is 4.33. The fraction of sp³-hybridized carbons (Fsp3) is 0.316. The van der Waals surface area contributed by atoms with Crippen molar-refractivity contribution in [3.63, 3.8) is 0 Å². The summed E-state index contributed by atoms with van der Waals surface area (Å²) < 4.78 is 7.57. The van der Waals surface area contributed by atoms with E-state index in [1.807, 2.05) is 55.1 Å². The van der Waals surface area contributed by atoms with Gasteiger partial charge in [-0.2, -0.15) is 5.10 Å². The third-order valence-corrected chi connectivity index (χ3v) is 4.53. The second kappa shape index (κ2) is 6.29. The van der Waals surface area contributed by atoms with Crippen LogP contribution in [0.3, 0.4) is 0 Å². The zero-order chi connectivity index (χ0) is 17.4. The number of nitrogens with zero attached hydrogens (tertiary/aromatic N) is 4. The Balaban J connectivity index is 1.63. The summed E-state index contributed by atoms with van der Waals surface area (Å²) >= 11 is 0. The first-order valence-corrected chi connectivity index (χ1v) is 8.41. The van der Waals surface area contributed by atoms with Gasteiger partial charge >= 0.3 is 0 Å². The van der Waals surface area contributed by atoms with E-state index in [9.17, 15) is 4.79 Å². The highest BCUT2D eigenvalue weighted by atomic mass is 16.5. The van der Waals surface area contributed by atoms with Crippen molar-refractivity contribution in [2.45, 2.75) is 20.0 Å². The van der Waals surface area contributed by atoms with Crippen LogP contribution in [-0.4, -0.2) is 45.1 Å². The number of hydrogen-bond acceptors (Lipinski definition) is 4. The zero-order valence-electron chi connectivity index (χ0n) is 14.3. The van der Waals surface area contributed by atoms with E-state index in [1.54, 1.807) is 10.7 Å². The maximum atomic E-state index is 13.1. The van der Waals surface area contributed by atoms with Gasteiger partial charge in [0.1, 0.15) is 11.7 Å². The second-order valence-electron chi connectivity index (χ2n) is 6.35. The number of hydrogen-bond donors (Lipinski definition) is 0. The molecule has 1 amide bonds. The molecule has 4 rings (SSSR count). The average molecular weight is 336 g/mol. The maximum absolute atomic E-state index is 13.1. The second-order valence-corrected chi connectivity index (χ2v) is 6.35. The van der Waals surface area contributed by atoms with Crippen LogP contribution in [-0.2, 0) is 4.74 Å². The van der Waals surface area contributed by atoms with Crippen LogP contribution < -0.4 is 0 Å². The van der Waals surface area contributed by atoms with Crippen molar-refractivity contribution in [3.8, 4) is 0 Å². The number of amides is 1. The highest BCUT2D eigenvalue weighted by Gasteiger charge is 2.28. The Hall–Kier alpha value is -2.73. The van der Waals surface area contributed by atoms with Gasteiger partial charge in [0.15, 0.2) is 5.65 Å². The molecule has 3 aromatic rings. The van der Waals surface area contributed by atoms with Gasteiger partial charge in [-0.05, 0) is 25.5 Å². The number of carbonyl (C=O) groups is 1. The minimum absolute atomic E-state index is 0.0447. The first-order valence-electron chi connectivity index (χ1n) is 8.41. The van der Waals surface area contributed by atoms with E-state index in [1.165, 1.54) is 0 Å². The Morgan fingerprint density at radius 3 is 2.84 bits per heavy atom. The van der Waals surface area contributed by atoms with Crippen molar-refractivity contribution in [2.24, 2.45) is 0 Å². The number of morpholine rings is 1. The molecule has 0 bridgehead atoms. The summed E-state index contributed by atoms with van der Waals surface area (Å²) in [5.41, 5.74) is 4.09. The third-order valence-electron chi connectivity index (χ3n) is 4.53. The Kier molecular flexibility index (Phi) is 3.97. The molecule has 128 valence electrons. The molecule has 0 spiro atoms. The van der Waals surface area contributed by atoms with Crippen molar-refractivity contribution in [2.75, 3.05) is 19.7 Å². The van der Waals surface area contributed by atoms with Gasteiger partial charge in [-0.15, -0.1) is 0 Å². The van der Waals surface area contributed by atoms with Crippen LogP contribution in [0.5, 0.6) is 0 Å². The number of benzene rings is 1. The molecule has 25 heavy (non-hydrogen) atoms. The fourth-order valence-electron chi connectivity index (χ4n) is 3.29. The summed E-state index contributed by atoms with van der Waals surface area (Å²) in [6.07, 6.45) is 1.52. The zero-order valence-corrected chi connectivity index (χ0v) is 14.3. The maximum Gasteiger partial charge on any atom is 0.259 e. The van der Waals surface area contributed by atoms with Gasteiger partial charge in [0.25, 0.3) is 5.91 Å². The predicted octanol–water partition coefficient (Wildman–Crippen LogP) is 2.56. The van der Waals surface area contributed by atoms with Crippen molar-refractivity contribution < 1.29 is 9.53 Å². The molecule has 0 N–H and O–H groups in total. The first-order chi connectivity index (χ1) is 12.1. The van der Waals surface area contributed by atoms with Crippen LogP contribution in [0.4, 0.5) is 0 Å². The number of fused-ring (bicyclic) bond motifs is 1. The predicted molar refractivity (Wildman–Crippen MR) is 93.5 cm³/mol. The monoisotopic (exact) mass is 336 g/mol. The quantitative estimate of drug-likeness (QED) is 0.722. The lowest BCUT2D eigenvalue weighted by Crippen LogP contribution is -2.42. The topological polar surface area (TPSA) is 59.7 Å². The number of rotatable bonds is 2. The summed E-state index contributed by atoms with van der Waals surface area (Å²) in [6.45, 7) is 5.52. The molecule has 1 aliphatic heterocycles. The molecule has 0 aliphatic carbocycles. The molecule has 1 aliphatic rings. The van der Waals surface area contributed by atoms with E-state index in [4.69, 9.17) is 4.74 Å². The summed E-state index contributed by atoms with van der Waals surface area (Å²) in [5.74, 6) is -0.0447. The summed E-state index contributed by atoms with van der Waals surface area (Å²) in [4.78, 5) is 19.4. The van der Waals surface area contributed by atoms with Crippen LogP contribution >= 0.6 is 0 Å². The van der Waals surface area contributed by atoms with Gasteiger partial charge in [0.2, 0.25) is 0 Å². The molecule has 6 nitrogen and oxygen atoms in total. The number of carbonyl (C=O) groups excluding carboxylic acids is 1. The van der Waals surface area contributed by atoms with E-state index in [0.717, 1.165) is 17.0 Å². The number of aryl methyl sites for hydroxylation is 2. The molecular formula is C19H20N4O2. The summed E-state index contributed by atoms with van der Waals surface area (Å²) in [7, 11) is 0. The van der Waals surface area contributed by atoms with Gasteiger partial charge in [0, 0.05) is 17.9 Å². The van der Waals surface area contributed by atoms with Crippen LogP contribution in [0.2, 0.25) is 0 Å². The van der Waals surface area contributed by atoms with Gasteiger partial charge in [-0.3, -0.25) is 4.79 Å². The van der Waals surface area contributed by atoms with E-state index < -0.39 is 0 Å². The molecule has 0 saturated carbocycles.